The number of nitrogens with one attached hydrogen (secondary N) is 1. The lowest BCUT2D eigenvalue weighted by atomic mass is 10.1. The van der Waals surface area contributed by atoms with E-state index >= 15 is 0 Å². The van der Waals surface area contributed by atoms with Gasteiger partial charge < -0.3 is 5.32 Å². The summed E-state index contributed by atoms with van der Waals surface area (Å²) >= 11 is 1.62. The van der Waals surface area contributed by atoms with Crippen molar-refractivity contribution < 1.29 is 0 Å². The molecule has 1 aromatic carbocycles. The number of thiazole rings is 1. The molecule has 0 saturated carbocycles. The Hall–Kier alpha value is -2.20. The van der Waals surface area contributed by atoms with Crippen molar-refractivity contribution in [3.05, 3.63) is 54.0 Å². The van der Waals surface area contributed by atoms with Crippen molar-refractivity contribution in [2.45, 2.75) is 0 Å². The summed E-state index contributed by atoms with van der Waals surface area (Å²) in [5.41, 5.74) is 4.11. The van der Waals surface area contributed by atoms with Gasteiger partial charge in [0.1, 0.15) is 5.01 Å². The minimum atomic E-state index is 0.920. The molecule has 0 amide bonds. The zero-order valence-corrected chi connectivity index (χ0v) is 11.3. The number of hydrogen-bond acceptors (Lipinski definition) is 4. The highest BCUT2D eigenvalue weighted by atomic mass is 32.1. The molecule has 0 spiro atoms. The highest BCUT2D eigenvalue weighted by Gasteiger charge is 2.07. The molecule has 4 heteroatoms. The first-order valence-electron chi connectivity index (χ1n) is 6.02. The van der Waals surface area contributed by atoms with Gasteiger partial charge in [-0.25, -0.2) is 4.98 Å². The summed E-state index contributed by atoms with van der Waals surface area (Å²) in [6.45, 7) is 0. The molecule has 0 fully saturated rings. The summed E-state index contributed by atoms with van der Waals surface area (Å²) in [6.07, 6.45) is 1.79. The van der Waals surface area contributed by atoms with E-state index in [0.717, 1.165) is 27.6 Å². The van der Waals surface area contributed by atoms with E-state index in [-0.39, 0.29) is 0 Å². The topological polar surface area (TPSA) is 37.8 Å². The lowest BCUT2D eigenvalue weighted by Gasteiger charge is -2.01. The molecule has 0 aliphatic carbocycles. The van der Waals surface area contributed by atoms with Crippen LogP contribution in [0.25, 0.3) is 22.0 Å². The predicted octanol–water partition coefficient (Wildman–Crippen LogP) is 3.91. The van der Waals surface area contributed by atoms with Crippen LogP contribution in [0.5, 0.6) is 0 Å². The molecule has 3 rings (SSSR count). The summed E-state index contributed by atoms with van der Waals surface area (Å²) in [5, 5.41) is 6.16. The summed E-state index contributed by atoms with van der Waals surface area (Å²) in [6, 6.07) is 14.1. The van der Waals surface area contributed by atoms with Gasteiger partial charge in [0.25, 0.3) is 0 Å². The van der Waals surface area contributed by atoms with E-state index in [4.69, 9.17) is 0 Å². The van der Waals surface area contributed by atoms with E-state index < -0.39 is 0 Å². The lowest BCUT2D eigenvalue weighted by Crippen LogP contribution is -1.88. The van der Waals surface area contributed by atoms with Crippen LogP contribution < -0.4 is 5.32 Å². The maximum absolute atomic E-state index is 4.65. The Kier molecular flexibility index (Phi) is 3.25. The fourth-order valence-electron chi connectivity index (χ4n) is 1.85. The van der Waals surface area contributed by atoms with Crippen molar-refractivity contribution in [3.8, 4) is 22.0 Å². The average molecular weight is 267 g/mol. The normalized spacial score (nSPS) is 10.4. The van der Waals surface area contributed by atoms with Crippen molar-refractivity contribution in [1.82, 2.24) is 9.97 Å². The van der Waals surface area contributed by atoms with Gasteiger partial charge in [-0.05, 0) is 24.3 Å². The second-order valence-electron chi connectivity index (χ2n) is 4.08. The van der Waals surface area contributed by atoms with Crippen LogP contribution in [0, 0.1) is 0 Å². The fourth-order valence-corrected chi connectivity index (χ4v) is 2.65. The number of anilines is 1. The minimum absolute atomic E-state index is 0.920. The van der Waals surface area contributed by atoms with Gasteiger partial charge in [0.15, 0.2) is 0 Å². The maximum Gasteiger partial charge on any atom is 0.142 e. The van der Waals surface area contributed by atoms with E-state index in [0.29, 0.717) is 0 Å². The third-order valence-electron chi connectivity index (χ3n) is 2.84. The third kappa shape index (κ3) is 2.48. The van der Waals surface area contributed by atoms with Crippen LogP contribution in [-0.2, 0) is 0 Å². The fraction of sp³-hybridized carbons (Fsp3) is 0.0667. The van der Waals surface area contributed by atoms with Crippen LogP contribution in [-0.4, -0.2) is 17.0 Å². The Morgan fingerprint density at radius 2 is 2.00 bits per heavy atom. The largest absolute Gasteiger partial charge is 0.388 e. The Labute approximate surface area is 116 Å². The molecule has 0 aliphatic rings. The molecule has 0 aliphatic heterocycles. The first kappa shape index (κ1) is 11.9. The SMILES string of the molecule is CNc1cccc(-c2csc(-c3ccccn3)n2)c1. The highest BCUT2D eigenvalue weighted by Crippen LogP contribution is 2.28. The molecular formula is C15H13N3S. The first-order chi connectivity index (χ1) is 9.36. The van der Waals surface area contributed by atoms with Crippen molar-refractivity contribution in [2.75, 3.05) is 12.4 Å². The number of aromatic nitrogens is 2. The van der Waals surface area contributed by atoms with E-state index in [9.17, 15) is 0 Å². The number of nitrogens with zero attached hydrogens (tertiary/aromatic N) is 2. The molecule has 2 aromatic heterocycles. The quantitative estimate of drug-likeness (QED) is 0.781. The second-order valence-corrected chi connectivity index (χ2v) is 4.94. The van der Waals surface area contributed by atoms with Gasteiger partial charge in [-0.2, -0.15) is 0 Å². The molecule has 0 radical (unpaired) electrons. The van der Waals surface area contributed by atoms with Crippen LogP contribution in [0.1, 0.15) is 0 Å². The van der Waals surface area contributed by atoms with Gasteiger partial charge in [0, 0.05) is 29.9 Å². The standard InChI is InChI=1S/C15H13N3S/c1-16-12-6-4-5-11(9-12)14-10-19-15(18-14)13-7-2-3-8-17-13/h2-10,16H,1H3. The van der Waals surface area contributed by atoms with Crippen molar-refractivity contribution in [2.24, 2.45) is 0 Å². The molecule has 0 saturated heterocycles. The average Bonchev–Trinajstić information content (AvgIpc) is 2.98. The molecule has 3 aromatic rings. The second kappa shape index (κ2) is 5.20. The Balaban J connectivity index is 1.97. The van der Waals surface area contributed by atoms with Gasteiger partial charge in [-0.1, -0.05) is 18.2 Å². The van der Waals surface area contributed by atoms with Crippen molar-refractivity contribution in [3.63, 3.8) is 0 Å². The Morgan fingerprint density at radius 1 is 1.05 bits per heavy atom. The van der Waals surface area contributed by atoms with Crippen LogP contribution >= 0.6 is 11.3 Å². The predicted molar refractivity (Wildman–Crippen MR) is 80.3 cm³/mol. The number of benzene rings is 1. The molecule has 0 atom stereocenters. The Morgan fingerprint density at radius 3 is 2.79 bits per heavy atom. The van der Waals surface area contributed by atoms with E-state index in [1.165, 1.54) is 0 Å². The third-order valence-corrected chi connectivity index (χ3v) is 3.70. The van der Waals surface area contributed by atoms with Crippen LogP contribution in [0.2, 0.25) is 0 Å². The van der Waals surface area contributed by atoms with Crippen molar-refractivity contribution in [1.29, 1.82) is 0 Å². The lowest BCUT2D eigenvalue weighted by molar-refractivity contribution is 1.29. The van der Waals surface area contributed by atoms with Gasteiger partial charge in [-0.3, -0.25) is 4.98 Å². The summed E-state index contributed by atoms with van der Waals surface area (Å²) in [4.78, 5) is 8.98. The Bertz CT molecular complexity index is 677. The smallest absolute Gasteiger partial charge is 0.142 e. The minimum Gasteiger partial charge on any atom is -0.388 e. The van der Waals surface area contributed by atoms with Gasteiger partial charge in [-0.15, -0.1) is 11.3 Å². The monoisotopic (exact) mass is 267 g/mol. The number of rotatable bonds is 3. The van der Waals surface area contributed by atoms with E-state index in [2.05, 4.69) is 32.8 Å². The first-order valence-corrected chi connectivity index (χ1v) is 6.90. The summed E-state index contributed by atoms with van der Waals surface area (Å²) in [7, 11) is 1.92. The molecule has 0 unspecified atom stereocenters. The van der Waals surface area contributed by atoms with Gasteiger partial charge in [0.05, 0.1) is 11.4 Å². The molecule has 2 heterocycles. The van der Waals surface area contributed by atoms with Crippen LogP contribution in [0.15, 0.2) is 54.0 Å². The van der Waals surface area contributed by atoms with E-state index in [1.54, 1.807) is 17.5 Å². The van der Waals surface area contributed by atoms with E-state index in [1.807, 2.05) is 37.4 Å². The molecule has 94 valence electrons. The van der Waals surface area contributed by atoms with Crippen molar-refractivity contribution >= 4 is 17.0 Å². The van der Waals surface area contributed by atoms with Crippen LogP contribution in [0.4, 0.5) is 5.69 Å². The molecule has 19 heavy (non-hydrogen) atoms. The zero-order chi connectivity index (χ0) is 13.1. The summed E-state index contributed by atoms with van der Waals surface area (Å²) in [5.74, 6) is 0. The number of pyridine rings is 1. The highest BCUT2D eigenvalue weighted by molar-refractivity contribution is 7.13. The maximum atomic E-state index is 4.65. The molecule has 0 bridgehead atoms. The number of hydrogen-bond donors (Lipinski definition) is 1. The molecule has 3 nitrogen and oxygen atoms in total. The molecule has 1 N–H and O–H groups in total. The van der Waals surface area contributed by atoms with Gasteiger partial charge in [0.2, 0.25) is 0 Å². The van der Waals surface area contributed by atoms with Crippen LogP contribution in [0.3, 0.4) is 0 Å². The zero-order valence-electron chi connectivity index (χ0n) is 10.5. The van der Waals surface area contributed by atoms with Gasteiger partial charge >= 0.3 is 0 Å². The summed E-state index contributed by atoms with van der Waals surface area (Å²) < 4.78 is 0. The molecular weight excluding hydrogens is 254 g/mol.